The molecule has 0 atom stereocenters. The van der Waals surface area contributed by atoms with Crippen LogP contribution in [0.2, 0.25) is 0 Å². The van der Waals surface area contributed by atoms with E-state index < -0.39 is 0 Å². The van der Waals surface area contributed by atoms with Crippen molar-refractivity contribution in [2.75, 3.05) is 13.7 Å². The van der Waals surface area contributed by atoms with Crippen molar-refractivity contribution >= 4 is 17.3 Å². The Hall–Kier alpha value is -0.940. The Balaban J connectivity index is 2.27. The molecule has 5 heteroatoms. The molecule has 2 rings (SSSR count). The van der Waals surface area contributed by atoms with Crippen molar-refractivity contribution < 1.29 is 14.3 Å². The average Bonchev–Trinajstić information content (AvgIpc) is 2.81. The Morgan fingerprint density at radius 1 is 1.37 bits per heavy atom. The summed E-state index contributed by atoms with van der Waals surface area (Å²) in [4.78, 5) is 16.5. The number of aromatic nitrogens is 1. The van der Waals surface area contributed by atoms with Crippen LogP contribution in [-0.2, 0) is 15.1 Å². The number of carbonyl (C=O) groups is 1. The summed E-state index contributed by atoms with van der Waals surface area (Å²) in [5, 5.41) is 0.927. The zero-order valence-electron chi connectivity index (χ0n) is 11.6. The van der Waals surface area contributed by atoms with Crippen molar-refractivity contribution in [3.8, 4) is 0 Å². The monoisotopic (exact) mass is 283 g/mol. The van der Waals surface area contributed by atoms with Crippen molar-refractivity contribution in [3.63, 3.8) is 0 Å². The van der Waals surface area contributed by atoms with Crippen LogP contribution in [0.3, 0.4) is 0 Å². The Bertz CT molecular complexity index is 422. The van der Waals surface area contributed by atoms with Crippen LogP contribution in [-0.4, -0.2) is 24.7 Å². The van der Waals surface area contributed by atoms with Crippen LogP contribution in [0.15, 0.2) is 6.20 Å². The van der Waals surface area contributed by atoms with Gasteiger partial charge in [-0.05, 0) is 19.8 Å². The van der Waals surface area contributed by atoms with Gasteiger partial charge in [0.1, 0.15) is 15.5 Å². The molecule has 1 aliphatic carbocycles. The van der Waals surface area contributed by atoms with E-state index >= 15 is 0 Å². The maximum atomic E-state index is 11.5. The smallest absolute Gasteiger partial charge is 0.349 e. The number of methoxy groups -OCH3 is 1. The number of ether oxygens (including phenoxy) is 2. The van der Waals surface area contributed by atoms with Crippen LogP contribution in [0.4, 0.5) is 0 Å². The van der Waals surface area contributed by atoms with Gasteiger partial charge in [0, 0.05) is 6.61 Å². The molecule has 1 fully saturated rings. The first-order chi connectivity index (χ1) is 9.22. The molecule has 1 saturated carbocycles. The molecule has 1 aromatic rings. The normalized spacial score (nSPS) is 18.8. The number of hydrogen-bond donors (Lipinski definition) is 0. The van der Waals surface area contributed by atoms with Crippen LogP contribution in [0.5, 0.6) is 0 Å². The van der Waals surface area contributed by atoms with Gasteiger partial charge < -0.3 is 9.47 Å². The highest BCUT2D eigenvalue weighted by atomic mass is 32.1. The molecule has 0 amide bonds. The number of hydrogen-bond acceptors (Lipinski definition) is 5. The van der Waals surface area contributed by atoms with Gasteiger partial charge in [-0.1, -0.05) is 25.7 Å². The van der Waals surface area contributed by atoms with Crippen LogP contribution >= 0.6 is 11.3 Å². The summed E-state index contributed by atoms with van der Waals surface area (Å²) >= 11 is 1.41. The van der Waals surface area contributed by atoms with Gasteiger partial charge in [-0.2, -0.15) is 0 Å². The highest BCUT2D eigenvalue weighted by Gasteiger charge is 2.36. The Morgan fingerprint density at radius 2 is 2.05 bits per heavy atom. The fourth-order valence-corrected chi connectivity index (χ4v) is 3.71. The summed E-state index contributed by atoms with van der Waals surface area (Å²) < 4.78 is 10.8. The fraction of sp³-hybridized carbons (Fsp3) is 0.714. The first-order valence-corrected chi connectivity index (χ1v) is 7.72. The van der Waals surface area contributed by atoms with Crippen molar-refractivity contribution in [3.05, 3.63) is 16.1 Å². The third kappa shape index (κ3) is 3.15. The third-order valence-electron chi connectivity index (χ3n) is 3.61. The largest absolute Gasteiger partial charge is 0.465 e. The molecule has 0 aromatic carbocycles. The second-order valence-electron chi connectivity index (χ2n) is 4.86. The van der Waals surface area contributed by atoms with E-state index in [1.807, 2.05) is 6.92 Å². The van der Waals surface area contributed by atoms with Gasteiger partial charge in [-0.3, -0.25) is 0 Å². The lowest BCUT2D eigenvalue weighted by atomic mass is 9.95. The summed E-state index contributed by atoms with van der Waals surface area (Å²) in [6.07, 6.45) is 8.43. The van der Waals surface area contributed by atoms with E-state index in [-0.39, 0.29) is 11.6 Å². The minimum absolute atomic E-state index is 0.289. The maximum Gasteiger partial charge on any atom is 0.349 e. The van der Waals surface area contributed by atoms with Crippen molar-refractivity contribution in [1.82, 2.24) is 4.98 Å². The topological polar surface area (TPSA) is 48.4 Å². The molecule has 1 heterocycles. The second-order valence-corrected chi connectivity index (χ2v) is 5.89. The number of thiazole rings is 1. The van der Waals surface area contributed by atoms with Crippen molar-refractivity contribution in [2.24, 2.45) is 0 Å². The van der Waals surface area contributed by atoms with E-state index in [1.165, 1.54) is 31.3 Å². The second kappa shape index (κ2) is 6.48. The number of rotatable bonds is 4. The lowest BCUT2D eigenvalue weighted by Gasteiger charge is -2.30. The van der Waals surface area contributed by atoms with Gasteiger partial charge in [0.15, 0.2) is 0 Å². The van der Waals surface area contributed by atoms with E-state index in [4.69, 9.17) is 9.47 Å². The van der Waals surface area contributed by atoms with Gasteiger partial charge in [0.05, 0.1) is 13.3 Å². The molecule has 1 aliphatic rings. The average molecular weight is 283 g/mol. The van der Waals surface area contributed by atoms with Gasteiger partial charge >= 0.3 is 5.97 Å². The minimum atomic E-state index is -0.316. The molecular weight excluding hydrogens is 262 g/mol. The minimum Gasteiger partial charge on any atom is -0.465 e. The highest BCUT2D eigenvalue weighted by molar-refractivity contribution is 7.13. The summed E-state index contributed by atoms with van der Waals surface area (Å²) in [6, 6.07) is 0. The molecule has 19 heavy (non-hydrogen) atoms. The summed E-state index contributed by atoms with van der Waals surface area (Å²) in [5.74, 6) is -0.316. The Kier molecular flexibility index (Phi) is 4.93. The van der Waals surface area contributed by atoms with Crippen LogP contribution in [0.1, 0.15) is 60.1 Å². The molecule has 0 saturated heterocycles. The standard InChI is InChI=1S/C14H21NO3S/c1-3-18-14(8-6-4-5-7-9-14)13-15-10-11(19-13)12(16)17-2/h10H,3-9H2,1-2H3. The molecule has 0 radical (unpaired) electrons. The zero-order chi connectivity index (χ0) is 13.7. The van der Waals surface area contributed by atoms with Gasteiger partial charge in [-0.15, -0.1) is 11.3 Å². The highest BCUT2D eigenvalue weighted by Crippen LogP contribution is 2.41. The van der Waals surface area contributed by atoms with Gasteiger partial charge in [0.2, 0.25) is 0 Å². The quantitative estimate of drug-likeness (QED) is 0.626. The van der Waals surface area contributed by atoms with E-state index in [0.717, 1.165) is 30.7 Å². The zero-order valence-corrected chi connectivity index (χ0v) is 12.4. The Morgan fingerprint density at radius 3 is 2.63 bits per heavy atom. The van der Waals surface area contributed by atoms with E-state index in [1.54, 1.807) is 6.20 Å². The van der Waals surface area contributed by atoms with E-state index in [0.29, 0.717) is 11.5 Å². The van der Waals surface area contributed by atoms with Gasteiger partial charge in [0.25, 0.3) is 0 Å². The van der Waals surface area contributed by atoms with Crippen molar-refractivity contribution in [2.45, 2.75) is 51.0 Å². The molecular formula is C14H21NO3S. The third-order valence-corrected chi connectivity index (χ3v) is 4.78. The van der Waals surface area contributed by atoms with Crippen LogP contribution < -0.4 is 0 Å². The molecule has 0 bridgehead atoms. The first-order valence-electron chi connectivity index (χ1n) is 6.90. The van der Waals surface area contributed by atoms with Crippen LogP contribution in [0, 0.1) is 0 Å². The first kappa shape index (κ1) is 14.5. The fourth-order valence-electron chi connectivity index (χ4n) is 2.68. The molecule has 0 aliphatic heterocycles. The van der Waals surface area contributed by atoms with Crippen LogP contribution in [0.25, 0.3) is 0 Å². The molecule has 4 nitrogen and oxygen atoms in total. The number of esters is 1. The lowest BCUT2D eigenvalue weighted by Crippen LogP contribution is -2.29. The maximum absolute atomic E-state index is 11.5. The van der Waals surface area contributed by atoms with E-state index in [9.17, 15) is 4.79 Å². The van der Waals surface area contributed by atoms with Crippen molar-refractivity contribution in [1.29, 1.82) is 0 Å². The summed E-state index contributed by atoms with van der Waals surface area (Å²) in [6.45, 7) is 2.69. The molecule has 0 unspecified atom stereocenters. The molecule has 0 spiro atoms. The Labute approximate surface area is 118 Å². The summed E-state index contributed by atoms with van der Waals surface area (Å²) in [5.41, 5.74) is -0.289. The van der Waals surface area contributed by atoms with E-state index in [2.05, 4.69) is 4.98 Å². The summed E-state index contributed by atoms with van der Waals surface area (Å²) in [7, 11) is 1.39. The molecule has 106 valence electrons. The molecule has 1 aromatic heterocycles. The predicted molar refractivity (Wildman–Crippen MR) is 74.5 cm³/mol. The number of carbonyl (C=O) groups excluding carboxylic acids is 1. The molecule has 0 N–H and O–H groups in total. The predicted octanol–water partition coefficient (Wildman–Crippen LogP) is 3.52. The van der Waals surface area contributed by atoms with Gasteiger partial charge in [-0.25, -0.2) is 9.78 Å². The number of nitrogens with zero attached hydrogens (tertiary/aromatic N) is 1. The SMILES string of the molecule is CCOC1(c2ncc(C(=O)OC)s2)CCCCCC1. The lowest BCUT2D eigenvalue weighted by molar-refractivity contribution is -0.0559.